The summed E-state index contributed by atoms with van der Waals surface area (Å²) in [6.07, 6.45) is 5.83. The number of rotatable bonds is 11. The van der Waals surface area contributed by atoms with Crippen molar-refractivity contribution in [3.8, 4) is 11.8 Å². The molecule has 0 amide bonds. The Labute approximate surface area is 144 Å². The lowest BCUT2D eigenvalue weighted by atomic mass is 10.1. The minimum atomic E-state index is -3.76. The molecule has 0 atom stereocenters. The highest BCUT2D eigenvalue weighted by Crippen LogP contribution is 2.13. The molecule has 24 heavy (non-hydrogen) atoms. The molecule has 1 aromatic carbocycles. The average molecular weight is 352 g/mol. The monoisotopic (exact) mass is 352 g/mol. The molecule has 132 valence electrons. The van der Waals surface area contributed by atoms with E-state index in [2.05, 4.69) is 16.4 Å². The van der Waals surface area contributed by atoms with Crippen molar-refractivity contribution in [2.75, 3.05) is 12.9 Å². The second-order valence-corrected chi connectivity index (χ2v) is 7.06. The molecule has 0 saturated heterocycles. The van der Waals surface area contributed by atoms with Crippen LogP contribution in [0.1, 0.15) is 51.0 Å². The summed E-state index contributed by atoms with van der Waals surface area (Å²) < 4.78 is 33.3. The molecule has 0 N–H and O–H groups in total. The van der Waals surface area contributed by atoms with Gasteiger partial charge in [0.1, 0.15) is 11.8 Å². The summed E-state index contributed by atoms with van der Waals surface area (Å²) in [7, 11) is -2.23. The van der Waals surface area contributed by atoms with Crippen LogP contribution in [0.2, 0.25) is 0 Å². The Bertz CT molecular complexity index is 661. The molecular formula is C17H24N2O4S. The lowest BCUT2D eigenvalue weighted by molar-refractivity contribution is 0.338. The van der Waals surface area contributed by atoms with Crippen LogP contribution >= 0.6 is 0 Å². The third-order valence-corrected chi connectivity index (χ3v) is 4.55. The van der Waals surface area contributed by atoms with E-state index in [1.807, 2.05) is 6.07 Å². The summed E-state index contributed by atoms with van der Waals surface area (Å²) in [5.41, 5.74) is 0.372. The van der Waals surface area contributed by atoms with Gasteiger partial charge in [-0.3, -0.25) is 4.28 Å². The first-order valence-corrected chi connectivity index (χ1v) is 9.64. The molecule has 0 bridgehead atoms. The molecule has 7 heteroatoms. The van der Waals surface area contributed by atoms with Gasteiger partial charge < -0.3 is 4.74 Å². The number of hydrogen-bond acceptors (Lipinski definition) is 6. The molecule has 0 spiro atoms. The zero-order chi connectivity index (χ0) is 17.8. The number of methoxy groups -OCH3 is 1. The smallest absolute Gasteiger partial charge is 0.328 e. The normalized spacial score (nSPS) is 11.8. The van der Waals surface area contributed by atoms with E-state index in [9.17, 15) is 8.42 Å². The van der Waals surface area contributed by atoms with Gasteiger partial charge in [0, 0.05) is 5.56 Å². The van der Waals surface area contributed by atoms with Crippen molar-refractivity contribution in [2.24, 2.45) is 5.16 Å². The van der Waals surface area contributed by atoms with Crippen LogP contribution in [-0.4, -0.2) is 27.0 Å². The quantitative estimate of drug-likeness (QED) is 0.345. The highest BCUT2D eigenvalue weighted by molar-refractivity contribution is 7.86. The van der Waals surface area contributed by atoms with Crippen LogP contribution in [0, 0.1) is 11.3 Å². The first kappa shape index (κ1) is 20.0. The van der Waals surface area contributed by atoms with Gasteiger partial charge in [-0.05, 0) is 30.7 Å². The molecule has 0 aliphatic heterocycles. The van der Waals surface area contributed by atoms with E-state index in [1.165, 1.54) is 13.5 Å². The molecule has 0 unspecified atom stereocenters. The summed E-state index contributed by atoms with van der Waals surface area (Å²) in [4.78, 5) is 0. The number of unbranched alkanes of at least 4 members (excludes halogenated alkanes) is 5. The molecule has 0 saturated carbocycles. The predicted octanol–water partition coefficient (Wildman–Crippen LogP) is 3.63. The first-order chi connectivity index (χ1) is 11.5. The van der Waals surface area contributed by atoms with Crippen LogP contribution in [0.25, 0.3) is 0 Å². The fraction of sp³-hybridized carbons (Fsp3) is 0.529. The van der Waals surface area contributed by atoms with Gasteiger partial charge in [-0.2, -0.15) is 13.7 Å². The van der Waals surface area contributed by atoms with Crippen molar-refractivity contribution >= 4 is 15.8 Å². The van der Waals surface area contributed by atoms with Crippen LogP contribution in [0.4, 0.5) is 0 Å². The van der Waals surface area contributed by atoms with Gasteiger partial charge in [0.05, 0.1) is 12.9 Å². The van der Waals surface area contributed by atoms with E-state index in [0.29, 0.717) is 17.7 Å². The van der Waals surface area contributed by atoms with Crippen LogP contribution in [0.5, 0.6) is 5.75 Å². The molecule has 1 aromatic rings. The Hall–Kier alpha value is -2.07. The fourth-order valence-corrected chi connectivity index (χ4v) is 2.90. The van der Waals surface area contributed by atoms with Crippen LogP contribution < -0.4 is 4.74 Å². The topological polar surface area (TPSA) is 88.8 Å². The van der Waals surface area contributed by atoms with E-state index < -0.39 is 10.1 Å². The van der Waals surface area contributed by atoms with Crippen molar-refractivity contribution in [1.29, 1.82) is 5.26 Å². The highest BCUT2D eigenvalue weighted by Gasteiger charge is 2.13. The summed E-state index contributed by atoms with van der Waals surface area (Å²) in [5.74, 6) is 0.539. The third kappa shape index (κ3) is 7.47. The van der Waals surface area contributed by atoms with E-state index in [4.69, 9.17) is 10.00 Å². The summed E-state index contributed by atoms with van der Waals surface area (Å²) in [6.45, 7) is 2.13. The maximum Gasteiger partial charge on any atom is 0.328 e. The second kappa shape index (κ2) is 10.7. The van der Waals surface area contributed by atoms with Gasteiger partial charge >= 0.3 is 10.1 Å². The molecule has 6 nitrogen and oxygen atoms in total. The van der Waals surface area contributed by atoms with Crippen molar-refractivity contribution in [1.82, 2.24) is 0 Å². The van der Waals surface area contributed by atoms with Crippen LogP contribution in [0.15, 0.2) is 29.4 Å². The number of hydrogen-bond donors (Lipinski definition) is 0. The maximum absolute atomic E-state index is 11.8. The number of benzene rings is 1. The predicted molar refractivity (Wildman–Crippen MR) is 93.4 cm³/mol. The molecule has 1 rings (SSSR count). The zero-order valence-corrected chi connectivity index (χ0v) is 15.0. The standard InChI is InChI=1S/C17H24N2O4S/c1-3-4-5-6-7-8-13-24(20,21)23-19-17(14-18)15-9-11-16(22-2)12-10-15/h9-12H,3-8,13H2,1-2H3/b19-17-. The molecule has 0 aliphatic carbocycles. The summed E-state index contributed by atoms with van der Waals surface area (Å²) in [5, 5.41) is 12.6. The molecule has 0 aromatic heterocycles. The summed E-state index contributed by atoms with van der Waals surface area (Å²) >= 11 is 0. The maximum atomic E-state index is 11.8. The van der Waals surface area contributed by atoms with Crippen molar-refractivity contribution in [2.45, 2.75) is 45.4 Å². The Morgan fingerprint density at radius 2 is 1.75 bits per heavy atom. The van der Waals surface area contributed by atoms with Crippen molar-refractivity contribution < 1.29 is 17.4 Å². The van der Waals surface area contributed by atoms with E-state index in [-0.39, 0.29) is 11.5 Å². The molecular weight excluding hydrogens is 328 g/mol. The van der Waals surface area contributed by atoms with E-state index >= 15 is 0 Å². The summed E-state index contributed by atoms with van der Waals surface area (Å²) in [6, 6.07) is 8.39. The fourth-order valence-electron chi connectivity index (χ4n) is 2.08. The van der Waals surface area contributed by atoms with Crippen LogP contribution in [-0.2, 0) is 14.4 Å². The van der Waals surface area contributed by atoms with Gasteiger partial charge in [-0.25, -0.2) is 0 Å². The number of oxime groups is 1. The Morgan fingerprint density at radius 1 is 1.12 bits per heavy atom. The molecule has 0 radical (unpaired) electrons. The van der Waals surface area contributed by atoms with Gasteiger partial charge in [-0.15, -0.1) is 0 Å². The SMILES string of the molecule is CCCCCCCCS(=O)(=O)O/N=C(/C#N)c1ccc(OC)cc1. The van der Waals surface area contributed by atoms with Gasteiger partial charge in [0.25, 0.3) is 0 Å². The second-order valence-electron chi connectivity index (χ2n) is 5.38. The van der Waals surface area contributed by atoms with E-state index in [1.54, 1.807) is 24.3 Å². The molecule has 0 heterocycles. The minimum absolute atomic E-state index is 0.0933. The largest absolute Gasteiger partial charge is 0.497 e. The number of ether oxygens (including phenoxy) is 1. The Kier molecular flexibility index (Phi) is 8.87. The van der Waals surface area contributed by atoms with Crippen molar-refractivity contribution in [3.05, 3.63) is 29.8 Å². The van der Waals surface area contributed by atoms with Gasteiger partial charge in [0.2, 0.25) is 0 Å². The zero-order valence-electron chi connectivity index (χ0n) is 14.2. The third-order valence-electron chi connectivity index (χ3n) is 3.46. The van der Waals surface area contributed by atoms with Gasteiger partial charge in [-0.1, -0.05) is 44.2 Å². The van der Waals surface area contributed by atoms with Gasteiger partial charge in [0.15, 0.2) is 5.71 Å². The number of nitriles is 1. The van der Waals surface area contributed by atoms with E-state index in [0.717, 1.165) is 25.7 Å². The molecule has 0 fully saturated rings. The van der Waals surface area contributed by atoms with Crippen molar-refractivity contribution in [3.63, 3.8) is 0 Å². The minimum Gasteiger partial charge on any atom is -0.497 e. The Morgan fingerprint density at radius 3 is 2.33 bits per heavy atom. The lowest BCUT2D eigenvalue weighted by Gasteiger charge is -2.04. The van der Waals surface area contributed by atoms with Crippen LogP contribution in [0.3, 0.4) is 0 Å². The molecule has 0 aliphatic rings. The average Bonchev–Trinajstić information content (AvgIpc) is 2.59. The first-order valence-electron chi connectivity index (χ1n) is 8.06. The number of nitrogens with zero attached hydrogens (tertiary/aromatic N) is 2. The lowest BCUT2D eigenvalue weighted by Crippen LogP contribution is -2.09. The Balaban J connectivity index is 2.55. The highest BCUT2D eigenvalue weighted by atomic mass is 32.2.